The van der Waals surface area contributed by atoms with Crippen molar-refractivity contribution < 1.29 is 4.74 Å². The van der Waals surface area contributed by atoms with E-state index >= 15 is 0 Å². The number of pyridine rings is 1. The van der Waals surface area contributed by atoms with E-state index < -0.39 is 0 Å². The summed E-state index contributed by atoms with van der Waals surface area (Å²) in [6.45, 7) is 5.25. The lowest BCUT2D eigenvalue weighted by Crippen LogP contribution is -2.12. The molecule has 1 saturated carbocycles. The van der Waals surface area contributed by atoms with E-state index in [1.807, 2.05) is 0 Å². The zero-order valence-electron chi connectivity index (χ0n) is 14.1. The van der Waals surface area contributed by atoms with E-state index in [0.29, 0.717) is 12.0 Å². The van der Waals surface area contributed by atoms with Crippen LogP contribution in [0, 0.1) is 0 Å². The van der Waals surface area contributed by atoms with E-state index in [1.165, 1.54) is 31.4 Å². The van der Waals surface area contributed by atoms with E-state index in [-0.39, 0.29) is 24.0 Å². The molecule has 1 aliphatic carbocycles. The summed E-state index contributed by atoms with van der Waals surface area (Å²) in [6, 6.07) is 6.25. The molecular weight excluding hydrogens is 375 g/mol. The molecule has 2 rings (SSSR count). The van der Waals surface area contributed by atoms with Gasteiger partial charge in [0.25, 0.3) is 0 Å². The normalized spacial score (nSPS) is 14.8. The molecule has 0 bridgehead atoms. The van der Waals surface area contributed by atoms with Gasteiger partial charge in [0, 0.05) is 19.3 Å². The molecule has 0 spiro atoms. The van der Waals surface area contributed by atoms with Crippen molar-refractivity contribution >= 4 is 24.0 Å². The highest BCUT2D eigenvalue weighted by atomic mass is 127. The summed E-state index contributed by atoms with van der Waals surface area (Å²) in [4.78, 5) is 6.70. The fourth-order valence-corrected chi connectivity index (χ4v) is 2.36. The first kappa shape index (κ1) is 20.8. The van der Waals surface area contributed by atoms with Crippen molar-refractivity contribution in [1.29, 1.82) is 0 Å². The minimum atomic E-state index is 0. The van der Waals surface area contributed by atoms with Crippen molar-refractivity contribution in [3.05, 3.63) is 29.6 Å². The molecule has 4 heteroatoms. The van der Waals surface area contributed by atoms with Crippen LogP contribution in [0.3, 0.4) is 0 Å². The molecule has 122 valence electrons. The highest BCUT2D eigenvalue weighted by molar-refractivity contribution is 14.0. The van der Waals surface area contributed by atoms with Gasteiger partial charge >= 0.3 is 0 Å². The van der Waals surface area contributed by atoms with Gasteiger partial charge < -0.3 is 9.64 Å². The number of halogens is 1. The molecule has 1 fully saturated rings. The number of ether oxygens (including phenoxy) is 1. The minimum Gasteiger partial charge on any atom is -0.381 e. The Hall–Kier alpha value is -0.200. The average molecular weight is 406 g/mol. The van der Waals surface area contributed by atoms with Crippen LogP contribution in [0.2, 0.25) is 0 Å². The molecule has 0 saturated heterocycles. The van der Waals surface area contributed by atoms with E-state index in [0.717, 1.165) is 12.2 Å². The molecule has 0 radical (unpaired) electrons. The lowest BCUT2D eigenvalue weighted by molar-refractivity contribution is 0.109. The summed E-state index contributed by atoms with van der Waals surface area (Å²) in [5.74, 6) is 0.516. The van der Waals surface area contributed by atoms with Crippen LogP contribution in [-0.2, 0) is 11.3 Å². The van der Waals surface area contributed by atoms with Crippen molar-refractivity contribution in [3.8, 4) is 0 Å². The van der Waals surface area contributed by atoms with Crippen LogP contribution >= 0.6 is 24.0 Å². The van der Waals surface area contributed by atoms with Crippen LogP contribution in [0.25, 0.3) is 0 Å². The summed E-state index contributed by atoms with van der Waals surface area (Å²) in [6.07, 6.45) is 5.92. The molecule has 0 aliphatic heterocycles. The zero-order chi connectivity index (χ0) is 15.0. The van der Waals surface area contributed by atoms with E-state index in [1.54, 1.807) is 7.11 Å². The summed E-state index contributed by atoms with van der Waals surface area (Å²) < 4.78 is 5.11. The molecule has 0 unspecified atom stereocenters. The molecule has 1 aromatic heterocycles. The van der Waals surface area contributed by atoms with Crippen LogP contribution in [0.4, 0.5) is 0 Å². The second-order valence-electron chi connectivity index (χ2n) is 6.09. The van der Waals surface area contributed by atoms with Gasteiger partial charge in [0.05, 0.1) is 11.8 Å². The molecular formula is C17H31IN2O. The van der Waals surface area contributed by atoms with Crippen LogP contribution in [0.5, 0.6) is 0 Å². The first-order valence-corrected chi connectivity index (χ1v) is 7.66. The Morgan fingerprint density at radius 3 is 2.29 bits per heavy atom. The van der Waals surface area contributed by atoms with Crippen LogP contribution in [0.1, 0.15) is 56.8 Å². The fourth-order valence-electron chi connectivity index (χ4n) is 2.36. The maximum Gasteiger partial charge on any atom is 0.0571 e. The quantitative estimate of drug-likeness (QED) is 0.691. The Kier molecular flexibility index (Phi) is 11.3. The highest BCUT2D eigenvalue weighted by Gasteiger charge is 2.12. The molecule has 1 aliphatic rings. The fraction of sp³-hybridized carbons (Fsp3) is 0.706. The van der Waals surface area contributed by atoms with Crippen molar-refractivity contribution in [1.82, 2.24) is 9.88 Å². The second kappa shape index (κ2) is 11.4. The van der Waals surface area contributed by atoms with Crippen molar-refractivity contribution in [2.45, 2.75) is 58.1 Å². The first-order chi connectivity index (χ1) is 9.52. The lowest BCUT2D eigenvalue weighted by Gasteiger charge is -2.11. The van der Waals surface area contributed by atoms with Crippen LogP contribution in [-0.4, -0.2) is 37.2 Å². The van der Waals surface area contributed by atoms with Crippen LogP contribution in [0.15, 0.2) is 18.2 Å². The molecule has 3 nitrogen and oxygen atoms in total. The second-order valence-corrected chi connectivity index (χ2v) is 6.09. The number of nitrogens with zero attached hydrogens (tertiary/aromatic N) is 2. The molecule has 21 heavy (non-hydrogen) atoms. The van der Waals surface area contributed by atoms with Crippen LogP contribution < -0.4 is 0 Å². The SMILES string of the molecule is CC(C)c1cccc(CN(C)C)n1.COC1CCCC1.I. The van der Waals surface area contributed by atoms with Crippen molar-refractivity contribution in [2.75, 3.05) is 21.2 Å². The monoisotopic (exact) mass is 406 g/mol. The third-order valence-electron chi connectivity index (χ3n) is 3.53. The van der Waals surface area contributed by atoms with Gasteiger partial charge in [0.1, 0.15) is 0 Å². The van der Waals surface area contributed by atoms with Gasteiger partial charge in [0.15, 0.2) is 0 Å². The lowest BCUT2D eigenvalue weighted by atomic mass is 10.1. The molecule has 0 atom stereocenters. The standard InChI is InChI=1S/C11H18N2.C6H12O.HI/c1-9(2)11-7-5-6-10(12-11)8-13(3)4;1-7-6-4-2-3-5-6;/h5-7,9H,8H2,1-4H3;6H,2-5H2,1H3;1H. The van der Waals surface area contributed by atoms with Crippen molar-refractivity contribution in [2.24, 2.45) is 0 Å². The Balaban J connectivity index is 0.000000425. The van der Waals surface area contributed by atoms with Gasteiger partial charge in [-0.3, -0.25) is 4.98 Å². The number of rotatable bonds is 4. The number of hydrogen-bond donors (Lipinski definition) is 0. The predicted molar refractivity (Wildman–Crippen MR) is 100 cm³/mol. The first-order valence-electron chi connectivity index (χ1n) is 7.66. The Bertz CT molecular complexity index is 377. The smallest absolute Gasteiger partial charge is 0.0571 e. The molecule has 0 N–H and O–H groups in total. The number of methoxy groups -OCH3 is 1. The van der Waals surface area contributed by atoms with E-state index in [2.05, 4.69) is 56.0 Å². The maximum atomic E-state index is 5.11. The van der Waals surface area contributed by atoms with Gasteiger partial charge in [-0.15, -0.1) is 24.0 Å². The summed E-state index contributed by atoms with van der Waals surface area (Å²) in [5, 5.41) is 0. The average Bonchev–Trinajstić information content (AvgIpc) is 2.92. The largest absolute Gasteiger partial charge is 0.381 e. The molecule has 0 amide bonds. The van der Waals surface area contributed by atoms with Gasteiger partial charge in [-0.05, 0) is 45.0 Å². The van der Waals surface area contributed by atoms with E-state index in [9.17, 15) is 0 Å². The molecule has 1 aromatic rings. The van der Waals surface area contributed by atoms with Gasteiger partial charge in [-0.25, -0.2) is 0 Å². The van der Waals surface area contributed by atoms with Gasteiger partial charge in [-0.1, -0.05) is 32.8 Å². The third kappa shape index (κ3) is 8.73. The van der Waals surface area contributed by atoms with Crippen molar-refractivity contribution in [3.63, 3.8) is 0 Å². The number of hydrogen-bond acceptors (Lipinski definition) is 3. The Morgan fingerprint density at radius 1 is 1.24 bits per heavy atom. The summed E-state index contributed by atoms with van der Waals surface area (Å²) >= 11 is 0. The Morgan fingerprint density at radius 2 is 1.86 bits per heavy atom. The van der Waals surface area contributed by atoms with E-state index in [4.69, 9.17) is 4.74 Å². The zero-order valence-corrected chi connectivity index (χ0v) is 16.5. The maximum absolute atomic E-state index is 5.11. The molecule has 0 aromatic carbocycles. The summed E-state index contributed by atoms with van der Waals surface area (Å²) in [5.41, 5.74) is 2.33. The summed E-state index contributed by atoms with van der Waals surface area (Å²) in [7, 11) is 5.92. The molecule has 1 heterocycles. The van der Waals surface area contributed by atoms with Gasteiger partial charge in [-0.2, -0.15) is 0 Å². The Labute approximate surface area is 147 Å². The third-order valence-corrected chi connectivity index (χ3v) is 3.53. The minimum absolute atomic E-state index is 0. The predicted octanol–water partition coefficient (Wildman–Crippen LogP) is 4.46. The van der Waals surface area contributed by atoms with Gasteiger partial charge in [0.2, 0.25) is 0 Å². The topological polar surface area (TPSA) is 25.4 Å². The number of aromatic nitrogens is 1. The highest BCUT2D eigenvalue weighted by Crippen LogP contribution is 2.19.